The molecule has 0 aliphatic carbocycles. The maximum Gasteiger partial charge on any atom is 0.348 e. The van der Waals surface area contributed by atoms with Crippen molar-refractivity contribution in [2.75, 3.05) is 16.6 Å². The van der Waals surface area contributed by atoms with Gasteiger partial charge in [-0.15, -0.1) is 11.3 Å². The smallest absolute Gasteiger partial charge is 0.348 e. The molecule has 0 unspecified atom stereocenters. The van der Waals surface area contributed by atoms with Crippen molar-refractivity contribution in [1.29, 1.82) is 0 Å². The first kappa shape index (κ1) is 23.6. The monoisotopic (exact) mass is 497 g/mol. The number of carbonyl (C=O) groups is 1. The molecule has 0 fully saturated rings. The molecule has 3 heterocycles. The van der Waals surface area contributed by atoms with Crippen LogP contribution in [0.15, 0.2) is 59.9 Å². The Morgan fingerprint density at radius 1 is 1.09 bits per heavy atom. The minimum Gasteiger partial charge on any atom is -0.461 e. The molecule has 1 aromatic carbocycles. The van der Waals surface area contributed by atoms with Gasteiger partial charge >= 0.3 is 5.97 Å². The second-order valence-electron chi connectivity index (χ2n) is 7.92. The Labute approximate surface area is 201 Å². The van der Waals surface area contributed by atoms with Crippen molar-refractivity contribution in [2.45, 2.75) is 25.7 Å². The maximum absolute atomic E-state index is 12.6. The molecule has 176 valence electrons. The average Bonchev–Trinajstić information content (AvgIpc) is 3.16. The predicted molar refractivity (Wildman–Crippen MR) is 132 cm³/mol. The van der Waals surface area contributed by atoms with Gasteiger partial charge in [0, 0.05) is 11.9 Å². The zero-order valence-electron chi connectivity index (χ0n) is 18.8. The van der Waals surface area contributed by atoms with E-state index in [2.05, 4.69) is 25.0 Å². The second kappa shape index (κ2) is 9.74. The van der Waals surface area contributed by atoms with Crippen molar-refractivity contribution in [3.05, 3.63) is 65.4 Å². The van der Waals surface area contributed by atoms with Gasteiger partial charge in [-0.25, -0.2) is 28.2 Å². The molecule has 0 amide bonds. The summed E-state index contributed by atoms with van der Waals surface area (Å²) in [5, 5.41) is 3.91. The Balaban J connectivity index is 1.56. The van der Waals surface area contributed by atoms with Gasteiger partial charge in [-0.3, -0.25) is 4.72 Å². The summed E-state index contributed by atoms with van der Waals surface area (Å²) in [6.07, 6.45) is 2.93. The van der Waals surface area contributed by atoms with Crippen LogP contribution < -0.4 is 10.0 Å². The summed E-state index contributed by atoms with van der Waals surface area (Å²) in [7, 11) is -3.78. The number of pyridine rings is 1. The van der Waals surface area contributed by atoms with Gasteiger partial charge in [0.05, 0.1) is 16.9 Å². The van der Waals surface area contributed by atoms with E-state index in [4.69, 9.17) is 4.74 Å². The Kier molecular flexibility index (Phi) is 6.75. The lowest BCUT2D eigenvalue weighted by atomic mass is 10.2. The largest absolute Gasteiger partial charge is 0.461 e. The number of sulfonamides is 1. The summed E-state index contributed by atoms with van der Waals surface area (Å²) in [6, 6.07) is 11.2. The number of hydrogen-bond acceptors (Lipinski definition) is 9. The van der Waals surface area contributed by atoms with Gasteiger partial charge in [0.1, 0.15) is 27.7 Å². The van der Waals surface area contributed by atoms with Crippen molar-refractivity contribution in [3.8, 4) is 0 Å². The first-order valence-electron chi connectivity index (χ1n) is 10.5. The Morgan fingerprint density at radius 3 is 2.53 bits per heavy atom. The highest BCUT2D eigenvalue weighted by molar-refractivity contribution is 7.92. The summed E-state index contributed by atoms with van der Waals surface area (Å²) in [5.41, 5.74) is 1.36. The number of rotatable bonds is 8. The fourth-order valence-corrected chi connectivity index (χ4v) is 5.19. The van der Waals surface area contributed by atoms with Crippen molar-refractivity contribution in [3.63, 3.8) is 0 Å². The number of aryl methyl sites for hydroxylation is 1. The summed E-state index contributed by atoms with van der Waals surface area (Å²) < 4.78 is 33.1. The van der Waals surface area contributed by atoms with Crippen LogP contribution in [0.1, 0.15) is 29.1 Å². The molecule has 0 radical (unpaired) electrons. The van der Waals surface area contributed by atoms with E-state index in [-0.39, 0.29) is 22.6 Å². The number of esters is 1. The van der Waals surface area contributed by atoms with Crippen LogP contribution in [0.4, 0.5) is 17.3 Å². The summed E-state index contributed by atoms with van der Waals surface area (Å²) in [5.74, 6) is 0.615. The van der Waals surface area contributed by atoms with Crippen LogP contribution in [0, 0.1) is 12.8 Å². The molecule has 0 saturated carbocycles. The molecule has 0 bridgehead atoms. The summed E-state index contributed by atoms with van der Waals surface area (Å²) in [6.45, 7) is 6.12. The molecule has 0 saturated heterocycles. The van der Waals surface area contributed by atoms with E-state index in [0.29, 0.717) is 27.8 Å². The van der Waals surface area contributed by atoms with Gasteiger partial charge in [0.2, 0.25) is 0 Å². The molecule has 2 N–H and O–H groups in total. The molecule has 4 aromatic rings. The maximum atomic E-state index is 12.6. The highest BCUT2D eigenvalue weighted by Crippen LogP contribution is 2.35. The third kappa shape index (κ3) is 5.15. The minimum absolute atomic E-state index is 0.0958. The number of hydrogen-bond donors (Lipinski definition) is 2. The lowest BCUT2D eigenvalue weighted by Crippen LogP contribution is -2.13. The van der Waals surface area contributed by atoms with Crippen molar-refractivity contribution in [1.82, 2.24) is 15.0 Å². The molecule has 34 heavy (non-hydrogen) atoms. The summed E-state index contributed by atoms with van der Waals surface area (Å²) >= 11 is 1.26. The number of benzene rings is 1. The molecule has 9 nitrogen and oxygen atoms in total. The molecule has 0 aliphatic rings. The number of nitrogens with one attached hydrogen (secondary N) is 2. The number of nitrogens with zero attached hydrogens (tertiary/aromatic N) is 3. The normalized spacial score (nSPS) is 11.5. The van der Waals surface area contributed by atoms with Crippen molar-refractivity contribution >= 4 is 54.9 Å². The summed E-state index contributed by atoms with van der Waals surface area (Å²) in [4.78, 5) is 26.4. The van der Waals surface area contributed by atoms with Gasteiger partial charge in [0.25, 0.3) is 10.0 Å². The van der Waals surface area contributed by atoms with Crippen LogP contribution in [0.25, 0.3) is 10.2 Å². The van der Waals surface area contributed by atoms with Crippen LogP contribution in [-0.4, -0.2) is 35.9 Å². The molecule has 0 atom stereocenters. The number of anilines is 3. The zero-order chi connectivity index (χ0) is 24.3. The van der Waals surface area contributed by atoms with Gasteiger partial charge < -0.3 is 10.1 Å². The average molecular weight is 498 g/mol. The number of ether oxygens (including phenoxy) is 1. The number of carbonyl (C=O) groups excluding carboxylic acids is 1. The topological polar surface area (TPSA) is 123 Å². The molecular formula is C23H23N5O4S2. The van der Waals surface area contributed by atoms with E-state index in [9.17, 15) is 13.2 Å². The van der Waals surface area contributed by atoms with Crippen LogP contribution in [-0.2, 0) is 14.8 Å². The first-order chi connectivity index (χ1) is 16.2. The zero-order valence-corrected chi connectivity index (χ0v) is 20.4. The van der Waals surface area contributed by atoms with Crippen LogP contribution in [0.5, 0.6) is 0 Å². The van der Waals surface area contributed by atoms with Gasteiger partial charge in [0.15, 0.2) is 0 Å². The Morgan fingerprint density at radius 2 is 1.85 bits per heavy atom. The van der Waals surface area contributed by atoms with E-state index in [1.165, 1.54) is 36.0 Å². The minimum atomic E-state index is -3.78. The quantitative estimate of drug-likeness (QED) is 0.334. The van der Waals surface area contributed by atoms with Gasteiger partial charge in [-0.1, -0.05) is 19.9 Å². The van der Waals surface area contributed by atoms with Crippen LogP contribution in [0.3, 0.4) is 0 Å². The molecule has 4 rings (SSSR count). The number of aromatic nitrogens is 3. The second-order valence-corrected chi connectivity index (χ2v) is 10.6. The van der Waals surface area contributed by atoms with Crippen LogP contribution in [0.2, 0.25) is 0 Å². The third-order valence-electron chi connectivity index (χ3n) is 4.79. The fourth-order valence-electron chi connectivity index (χ4n) is 3.14. The van der Waals surface area contributed by atoms with E-state index in [0.717, 1.165) is 10.9 Å². The lowest BCUT2D eigenvalue weighted by molar-refractivity contribution is 0.0464. The third-order valence-corrected chi connectivity index (χ3v) is 7.34. The highest BCUT2D eigenvalue weighted by Gasteiger charge is 2.21. The first-order valence-corrected chi connectivity index (χ1v) is 12.8. The SMILES string of the molecule is Cc1c(C(=O)OCC(C)C)sc2ncnc(Nc3ccc(S(=O)(=O)Nc4ccccn4)cc3)c12. The van der Waals surface area contributed by atoms with Crippen molar-refractivity contribution < 1.29 is 17.9 Å². The van der Waals surface area contributed by atoms with E-state index < -0.39 is 10.0 Å². The highest BCUT2D eigenvalue weighted by atomic mass is 32.2. The van der Waals surface area contributed by atoms with Gasteiger partial charge in [-0.2, -0.15) is 0 Å². The number of thiophene rings is 1. The van der Waals surface area contributed by atoms with E-state index in [1.54, 1.807) is 30.3 Å². The fraction of sp³-hybridized carbons (Fsp3) is 0.217. The Bertz CT molecular complexity index is 1420. The molecule has 0 aliphatic heterocycles. The van der Waals surface area contributed by atoms with Gasteiger partial charge in [-0.05, 0) is 54.8 Å². The van der Waals surface area contributed by atoms with E-state index in [1.807, 2.05) is 20.8 Å². The predicted octanol–water partition coefficient (Wildman–Crippen LogP) is 4.75. The lowest BCUT2D eigenvalue weighted by Gasteiger charge is -2.10. The molecular weight excluding hydrogens is 474 g/mol. The molecule has 3 aromatic heterocycles. The number of fused-ring (bicyclic) bond motifs is 1. The van der Waals surface area contributed by atoms with E-state index >= 15 is 0 Å². The standard InChI is InChI=1S/C23H23N5O4S2/c1-14(2)12-32-23(29)20-15(3)19-21(25-13-26-22(19)33-20)27-16-7-9-17(10-8-16)34(30,31)28-18-6-4-5-11-24-18/h4-11,13-14H,12H2,1-3H3,(H,24,28)(H,25,26,27). The Hall–Kier alpha value is -3.57. The molecule has 0 spiro atoms. The molecule has 11 heteroatoms. The van der Waals surface area contributed by atoms with Crippen LogP contribution >= 0.6 is 11.3 Å². The van der Waals surface area contributed by atoms with Crippen molar-refractivity contribution in [2.24, 2.45) is 5.92 Å².